The lowest BCUT2D eigenvalue weighted by Crippen LogP contribution is -2.22. The van der Waals surface area contributed by atoms with E-state index in [9.17, 15) is 14.0 Å². The van der Waals surface area contributed by atoms with Crippen molar-refractivity contribution in [1.29, 1.82) is 0 Å². The van der Waals surface area contributed by atoms with Crippen LogP contribution in [0.3, 0.4) is 0 Å². The predicted molar refractivity (Wildman–Crippen MR) is 99.1 cm³/mol. The number of benzene rings is 2. The molecule has 0 N–H and O–H groups in total. The van der Waals surface area contributed by atoms with Crippen LogP contribution in [0.15, 0.2) is 41.4 Å². The molecule has 1 aliphatic rings. The van der Waals surface area contributed by atoms with Crippen molar-refractivity contribution < 1.29 is 28.2 Å². The van der Waals surface area contributed by atoms with Crippen molar-refractivity contribution >= 4 is 33.4 Å². The van der Waals surface area contributed by atoms with E-state index in [1.165, 1.54) is 29.9 Å². The van der Waals surface area contributed by atoms with Crippen LogP contribution in [0.4, 0.5) is 4.39 Å². The molecule has 144 valence electrons. The van der Waals surface area contributed by atoms with Crippen LogP contribution in [0.1, 0.15) is 10.4 Å². The first-order valence-corrected chi connectivity index (χ1v) is 9.21. The van der Waals surface area contributed by atoms with Crippen molar-refractivity contribution in [3.05, 3.63) is 52.6 Å². The molecular weight excluding hydrogens is 387 g/mol. The van der Waals surface area contributed by atoms with Gasteiger partial charge in [0, 0.05) is 5.56 Å². The fourth-order valence-corrected chi connectivity index (χ4v) is 3.86. The van der Waals surface area contributed by atoms with Crippen LogP contribution in [0.2, 0.25) is 0 Å². The third-order valence-corrected chi connectivity index (χ3v) is 5.19. The Balaban J connectivity index is 1.78. The van der Waals surface area contributed by atoms with Gasteiger partial charge in [-0.2, -0.15) is 4.99 Å². The summed E-state index contributed by atoms with van der Waals surface area (Å²) in [4.78, 5) is 28.9. The van der Waals surface area contributed by atoms with E-state index in [2.05, 4.69) is 4.99 Å². The van der Waals surface area contributed by atoms with E-state index in [0.29, 0.717) is 40.5 Å². The summed E-state index contributed by atoms with van der Waals surface area (Å²) in [5.41, 5.74) is 0.906. The number of hydrogen-bond donors (Lipinski definition) is 0. The Bertz CT molecular complexity index is 1150. The lowest BCUT2D eigenvalue weighted by atomic mass is 10.2. The van der Waals surface area contributed by atoms with E-state index in [0.717, 1.165) is 11.3 Å². The lowest BCUT2D eigenvalue weighted by Gasteiger charge is -2.18. The molecule has 2 heterocycles. The quantitative estimate of drug-likeness (QED) is 0.629. The maximum Gasteiger partial charge on any atom is 0.325 e. The van der Waals surface area contributed by atoms with Gasteiger partial charge in [-0.1, -0.05) is 11.3 Å². The highest BCUT2D eigenvalue weighted by Crippen LogP contribution is 2.31. The minimum atomic E-state index is -0.511. The van der Waals surface area contributed by atoms with Gasteiger partial charge in [0.05, 0.1) is 17.3 Å². The Hall–Kier alpha value is -3.20. The highest BCUT2D eigenvalue weighted by atomic mass is 32.1. The Kier molecular flexibility index (Phi) is 4.82. The number of rotatable bonds is 3. The molecule has 0 spiro atoms. The van der Waals surface area contributed by atoms with Crippen molar-refractivity contribution in [3.63, 3.8) is 0 Å². The van der Waals surface area contributed by atoms with Crippen LogP contribution < -0.4 is 14.3 Å². The molecule has 0 fully saturated rings. The SMILES string of the molecule is COC(=O)Cn1c(=NC(=O)c2ccc3c(c2)OCCO3)sc2cc(F)ccc21. The minimum Gasteiger partial charge on any atom is -0.486 e. The summed E-state index contributed by atoms with van der Waals surface area (Å²) in [5, 5.41) is 0. The molecule has 1 amide bonds. The summed E-state index contributed by atoms with van der Waals surface area (Å²) in [6.45, 7) is 0.717. The number of aromatic nitrogens is 1. The molecule has 7 nitrogen and oxygen atoms in total. The molecule has 0 aliphatic carbocycles. The molecule has 3 aromatic rings. The van der Waals surface area contributed by atoms with Crippen molar-refractivity contribution in [2.75, 3.05) is 20.3 Å². The zero-order chi connectivity index (χ0) is 19.7. The number of nitrogens with zero attached hydrogens (tertiary/aromatic N) is 2. The van der Waals surface area contributed by atoms with Crippen molar-refractivity contribution in [2.45, 2.75) is 6.54 Å². The van der Waals surface area contributed by atoms with Crippen molar-refractivity contribution in [3.8, 4) is 11.5 Å². The van der Waals surface area contributed by atoms with Crippen molar-refractivity contribution in [1.82, 2.24) is 4.57 Å². The Morgan fingerprint density at radius 1 is 1.18 bits per heavy atom. The number of carbonyl (C=O) groups is 2. The molecular formula is C19H15FN2O5S. The number of amides is 1. The smallest absolute Gasteiger partial charge is 0.325 e. The second-order valence-corrected chi connectivity index (χ2v) is 6.94. The van der Waals surface area contributed by atoms with Crippen molar-refractivity contribution in [2.24, 2.45) is 4.99 Å². The van der Waals surface area contributed by atoms with Gasteiger partial charge in [-0.05, 0) is 36.4 Å². The second-order valence-electron chi connectivity index (χ2n) is 5.93. The van der Waals surface area contributed by atoms with Crippen LogP contribution in [-0.2, 0) is 16.1 Å². The first-order valence-electron chi connectivity index (χ1n) is 8.39. The largest absolute Gasteiger partial charge is 0.486 e. The van der Waals surface area contributed by atoms with Crippen LogP contribution in [0, 0.1) is 5.82 Å². The lowest BCUT2D eigenvalue weighted by molar-refractivity contribution is -0.141. The number of halogens is 1. The summed E-state index contributed by atoms with van der Waals surface area (Å²) >= 11 is 1.11. The summed E-state index contributed by atoms with van der Waals surface area (Å²) in [6, 6.07) is 8.98. The Labute approximate surface area is 162 Å². The molecule has 0 saturated heterocycles. The van der Waals surface area contributed by atoms with Gasteiger partial charge in [0.15, 0.2) is 16.3 Å². The highest BCUT2D eigenvalue weighted by Gasteiger charge is 2.16. The summed E-state index contributed by atoms with van der Waals surface area (Å²) in [7, 11) is 1.27. The zero-order valence-corrected chi connectivity index (χ0v) is 15.6. The molecule has 1 aliphatic heterocycles. The molecule has 9 heteroatoms. The molecule has 0 radical (unpaired) electrons. The molecule has 0 atom stereocenters. The van der Waals surface area contributed by atoms with E-state index < -0.39 is 17.7 Å². The number of methoxy groups -OCH3 is 1. The molecule has 0 saturated carbocycles. The summed E-state index contributed by atoms with van der Waals surface area (Å²) in [5.74, 6) is -0.377. The van der Waals surface area contributed by atoms with Gasteiger partial charge in [0.2, 0.25) is 0 Å². The van der Waals surface area contributed by atoms with Gasteiger partial charge in [0.1, 0.15) is 25.6 Å². The third kappa shape index (κ3) is 3.48. The number of carbonyl (C=O) groups excluding carboxylic acids is 2. The number of fused-ring (bicyclic) bond motifs is 2. The van der Waals surface area contributed by atoms with Crippen LogP contribution in [0.25, 0.3) is 10.2 Å². The number of ether oxygens (including phenoxy) is 3. The second kappa shape index (κ2) is 7.43. The number of thiazole rings is 1. The number of hydrogen-bond acceptors (Lipinski definition) is 6. The minimum absolute atomic E-state index is 0.143. The molecule has 1 aromatic heterocycles. The Morgan fingerprint density at radius 2 is 1.96 bits per heavy atom. The van der Waals surface area contributed by atoms with Crippen LogP contribution in [-0.4, -0.2) is 36.8 Å². The van der Waals surface area contributed by atoms with Gasteiger partial charge in [0.25, 0.3) is 5.91 Å². The Morgan fingerprint density at radius 3 is 2.75 bits per heavy atom. The average molecular weight is 402 g/mol. The molecule has 0 unspecified atom stereocenters. The van der Waals surface area contributed by atoms with Gasteiger partial charge in [-0.25, -0.2) is 4.39 Å². The fraction of sp³-hybridized carbons (Fsp3) is 0.211. The molecule has 0 bridgehead atoms. The normalized spacial score (nSPS) is 13.6. The van der Waals surface area contributed by atoms with E-state index in [1.54, 1.807) is 18.2 Å². The molecule has 4 rings (SSSR count). The first kappa shape index (κ1) is 18.2. The van der Waals surface area contributed by atoms with E-state index in [1.807, 2.05) is 0 Å². The highest BCUT2D eigenvalue weighted by molar-refractivity contribution is 7.16. The van der Waals surface area contributed by atoms with Crippen LogP contribution in [0.5, 0.6) is 11.5 Å². The van der Waals surface area contributed by atoms with E-state index in [4.69, 9.17) is 14.2 Å². The van der Waals surface area contributed by atoms with E-state index >= 15 is 0 Å². The zero-order valence-electron chi connectivity index (χ0n) is 14.8. The van der Waals surface area contributed by atoms with E-state index in [-0.39, 0.29) is 11.3 Å². The maximum atomic E-state index is 13.6. The summed E-state index contributed by atoms with van der Waals surface area (Å²) < 4.78 is 31.3. The topological polar surface area (TPSA) is 79.1 Å². The van der Waals surface area contributed by atoms with Gasteiger partial charge in [-0.15, -0.1) is 0 Å². The van der Waals surface area contributed by atoms with Gasteiger partial charge < -0.3 is 18.8 Å². The molecule has 28 heavy (non-hydrogen) atoms. The van der Waals surface area contributed by atoms with Gasteiger partial charge in [-0.3, -0.25) is 9.59 Å². The predicted octanol–water partition coefficient (Wildman–Crippen LogP) is 2.53. The number of esters is 1. The molecule has 2 aromatic carbocycles. The van der Waals surface area contributed by atoms with Crippen LogP contribution >= 0.6 is 11.3 Å². The maximum absolute atomic E-state index is 13.6. The standard InChI is InChI=1S/C19H15FN2O5S/c1-25-17(23)10-22-13-4-3-12(20)9-16(13)28-19(22)21-18(24)11-2-5-14-15(8-11)27-7-6-26-14/h2-5,8-9H,6-7,10H2,1H3. The fourth-order valence-electron chi connectivity index (χ4n) is 2.81. The summed E-state index contributed by atoms with van der Waals surface area (Å²) in [6.07, 6.45) is 0. The first-order chi connectivity index (χ1) is 13.5. The monoisotopic (exact) mass is 402 g/mol. The van der Waals surface area contributed by atoms with Gasteiger partial charge >= 0.3 is 5.97 Å². The average Bonchev–Trinajstić information content (AvgIpc) is 3.03. The third-order valence-electron chi connectivity index (χ3n) is 4.15.